The predicted octanol–water partition coefficient (Wildman–Crippen LogP) is 4.71. The fraction of sp³-hybridized carbons (Fsp3) is 0.0833. The van der Waals surface area contributed by atoms with E-state index in [2.05, 4.69) is 12.1 Å². The molecule has 6 nitrogen and oxygen atoms in total. The summed E-state index contributed by atoms with van der Waals surface area (Å²) in [5, 5.41) is 29.0. The molecule has 3 aromatic rings. The molecular weight excluding hydrogens is 414 g/mol. The van der Waals surface area contributed by atoms with Gasteiger partial charge < -0.3 is 20.3 Å². The number of halogens is 1. The van der Waals surface area contributed by atoms with Crippen molar-refractivity contribution in [2.75, 3.05) is 0 Å². The van der Waals surface area contributed by atoms with E-state index >= 15 is 0 Å². The van der Waals surface area contributed by atoms with Crippen molar-refractivity contribution in [2.45, 2.75) is 12.5 Å². The Kier molecular flexibility index (Phi) is 5.41. The molecule has 1 atom stereocenters. The zero-order valence-electron chi connectivity index (χ0n) is 16.2. The second kappa shape index (κ2) is 8.31. The summed E-state index contributed by atoms with van der Waals surface area (Å²) in [4.78, 5) is 0. The van der Waals surface area contributed by atoms with Crippen LogP contribution in [-0.4, -0.2) is 5.11 Å². The van der Waals surface area contributed by atoms with E-state index in [1.54, 1.807) is 36.4 Å². The molecule has 1 heterocycles. The van der Waals surface area contributed by atoms with E-state index in [-0.39, 0.29) is 23.8 Å². The number of rotatable bonds is 4. The van der Waals surface area contributed by atoms with Gasteiger partial charge in [-0.2, -0.15) is 10.5 Å². The molecule has 0 bridgehead atoms. The summed E-state index contributed by atoms with van der Waals surface area (Å²) in [6.07, 6.45) is 0. The Labute approximate surface area is 183 Å². The Morgan fingerprint density at radius 1 is 1.06 bits per heavy atom. The van der Waals surface area contributed by atoms with Gasteiger partial charge in [-0.1, -0.05) is 41.9 Å². The monoisotopic (exact) mass is 429 g/mol. The van der Waals surface area contributed by atoms with Crippen LogP contribution in [0.3, 0.4) is 0 Å². The van der Waals surface area contributed by atoms with Crippen LogP contribution < -0.4 is 15.2 Å². The minimum Gasteiger partial charge on any atom is -0.508 e. The number of benzene rings is 3. The molecule has 0 saturated heterocycles. The number of hydrogen-bond donors (Lipinski definition) is 2. The van der Waals surface area contributed by atoms with Crippen LogP contribution in [0.15, 0.2) is 72.1 Å². The number of nitriles is 2. The molecule has 0 aliphatic carbocycles. The summed E-state index contributed by atoms with van der Waals surface area (Å²) >= 11 is 6.48. The summed E-state index contributed by atoms with van der Waals surface area (Å²) < 4.78 is 11.3. The minimum absolute atomic E-state index is 0.0184. The Morgan fingerprint density at radius 3 is 2.61 bits per heavy atom. The second-order valence-corrected chi connectivity index (χ2v) is 7.30. The quantitative estimate of drug-likeness (QED) is 0.620. The maximum absolute atomic E-state index is 9.77. The van der Waals surface area contributed by atoms with Gasteiger partial charge in [0.2, 0.25) is 5.88 Å². The largest absolute Gasteiger partial charge is 0.508 e. The lowest BCUT2D eigenvalue weighted by molar-refractivity contribution is 0.306. The molecule has 0 unspecified atom stereocenters. The molecule has 7 heteroatoms. The van der Waals surface area contributed by atoms with Gasteiger partial charge in [0.05, 0.1) is 22.6 Å². The Morgan fingerprint density at radius 2 is 1.87 bits per heavy atom. The predicted molar refractivity (Wildman–Crippen MR) is 114 cm³/mol. The van der Waals surface area contributed by atoms with Crippen LogP contribution in [-0.2, 0) is 6.61 Å². The van der Waals surface area contributed by atoms with Gasteiger partial charge in [-0.05, 0) is 29.8 Å². The maximum Gasteiger partial charge on any atom is 0.205 e. The SMILES string of the molecule is N#CC1=C(N)Oc2cc(O)ccc2[C@H]1c1ccc(OCc2ccccc2C#N)c(Cl)c1. The van der Waals surface area contributed by atoms with Gasteiger partial charge >= 0.3 is 0 Å². The van der Waals surface area contributed by atoms with E-state index in [0.29, 0.717) is 27.6 Å². The first-order valence-corrected chi connectivity index (χ1v) is 9.70. The van der Waals surface area contributed by atoms with Crippen molar-refractivity contribution in [1.82, 2.24) is 0 Å². The number of nitrogens with two attached hydrogens (primary N) is 1. The molecular formula is C24H16ClN3O3. The van der Waals surface area contributed by atoms with Crippen molar-refractivity contribution in [2.24, 2.45) is 5.73 Å². The normalized spacial score (nSPS) is 14.7. The standard InChI is InChI=1S/C24H16ClN3O3/c25-20-9-14(5-8-21(20)30-13-16-4-2-1-3-15(16)11-26)23-18-7-6-17(29)10-22(18)31-24(28)19(23)12-27/h1-10,23,29H,13,28H2/t23-/m1/s1. The molecule has 0 spiro atoms. The zero-order chi connectivity index (χ0) is 22.0. The van der Waals surface area contributed by atoms with Crippen LogP contribution in [0.4, 0.5) is 0 Å². The smallest absolute Gasteiger partial charge is 0.205 e. The van der Waals surface area contributed by atoms with Crippen LogP contribution >= 0.6 is 11.6 Å². The highest BCUT2D eigenvalue weighted by molar-refractivity contribution is 6.32. The Bertz CT molecular complexity index is 1290. The molecule has 0 amide bonds. The highest BCUT2D eigenvalue weighted by atomic mass is 35.5. The molecule has 3 N–H and O–H groups in total. The summed E-state index contributed by atoms with van der Waals surface area (Å²) in [6, 6.07) is 21.3. The lowest BCUT2D eigenvalue weighted by Crippen LogP contribution is -2.21. The number of allylic oxidation sites excluding steroid dienone is 1. The van der Waals surface area contributed by atoms with Crippen molar-refractivity contribution in [1.29, 1.82) is 10.5 Å². The lowest BCUT2D eigenvalue weighted by Gasteiger charge is -2.26. The van der Waals surface area contributed by atoms with Crippen LogP contribution in [0.1, 0.15) is 28.2 Å². The van der Waals surface area contributed by atoms with Crippen molar-refractivity contribution in [3.8, 4) is 29.4 Å². The molecule has 152 valence electrons. The van der Waals surface area contributed by atoms with Crippen LogP contribution in [0.2, 0.25) is 5.02 Å². The molecule has 0 fully saturated rings. The molecule has 0 radical (unpaired) electrons. The number of hydrogen-bond acceptors (Lipinski definition) is 6. The zero-order valence-corrected chi connectivity index (χ0v) is 16.9. The van der Waals surface area contributed by atoms with Crippen molar-refractivity contribution < 1.29 is 14.6 Å². The van der Waals surface area contributed by atoms with E-state index < -0.39 is 5.92 Å². The number of nitrogens with zero attached hydrogens (tertiary/aromatic N) is 2. The first-order chi connectivity index (χ1) is 15.0. The summed E-state index contributed by atoms with van der Waals surface area (Å²) in [5.74, 6) is 0.346. The van der Waals surface area contributed by atoms with E-state index in [1.807, 2.05) is 12.1 Å². The van der Waals surface area contributed by atoms with Gasteiger partial charge in [0, 0.05) is 17.2 Å². The van der Waals surface area contributed by atoms with Crippen molar-refractivity contribution in [3.05, 3.63) is 99.4 Å². The number of phenolic OH excluding ortho intramolecular Hbond substituents is 1. The number of fused-ring (bicyclic) bond motifs is 1. The molecule has 0 saturated carbocycles. The average molecular weight is 430 g/mol. The summed E-state index contributed by atoms with van der Waals surface area (Å²) in [5.41, 5.74) is 8.93. The molecule has 3 aromatic carbocycles. The summed E-state index contributed by atoms with van der Waals surface area (Å²) in [7, 11) is 0. The van der Waals surface area contributed by atoms with Gasteiger partial charge in [0.25, 0.3) is 0 Å². The Hall–Kier alpha value is -4.13. The van der Waals surface area contributed by atoms with Gasteiger partial charge in [-0.25, -0.2) is 0 Å². The Balaban J connectivity index is 1.66. The third-order valence-electron chi connectivity index (χ3n) is 5.01. The molecule has 1 aliphatic heterocycles. The van der Waals surface area contributed by atoms with E-state index in [1.165, 1.54) is 12.1 Å². The van der Waals surface area contributed by atoms with Crippen LogP contribution in [0.25, 0.3) is 0 Å². The van der Waals surface area contributed by atoms with Crippen molar-refractivity contribution >= 4 is 11.6 Å². The van der Waals surface area contributed by atoms with Gasteiger partial charge in [-0.15, -0.1) is 0 Å². The van der Waals surface area contributed by atoms with Crippen LogP contribution in [0.5, 0.6) is 17.2 Å². The fourth-order valence-corrected chi connectivity index (χ4v) is 3.75. The van der Waals surface area contributed by atoms with E-state index in [4.69, 9.17) is 26.8 Å². The molecule has 31 heavy (non-hydrogen) atoms. The second-order valence-electron chi connectivity index (χ2n) is 6.89. The van der Waals surface area contributed by atoms with E-state index in [9.17, 15) is 15.6 Å². The fourth-order valence-electron chi connectivity index (χ4n) is 3.51. The van der Waals surface area contributed by atoms with Gasteiger partial charge in [0.1, 0.15) is 35.5 Å². The number of phenols is 1. The van der Waals surface area contributed by atoms with E-state index in [0.717, 1.165) is 11.1 Å². The third kappa shape index (κ3) is 3.85. The minimum atomic E-state index is -0.500. The topological polar surface area (TPSA) is 112 Å². The first-order valence-electron chi connectivity index (χ1n) is 9.32. The highest BCUT2D eigenvalue weighted by Gasteiger charge is 2.31. The third-order valence-corrected chi connectivity index (χ3v) is 5.31. The van der Waals surface area contributed by atoms with Gasteiger partial charge in [0.15, 0.2) is 0 Å². The molecule has 1 aliphatic rings. The molecule has 4 rings (SSSR count). The lowest BCUT2D eigenvalue weighted by atomic mass is 9.83. The van der Waals surface area contributed by atoms with Gasteiger partial charge in [-0.3, -0.25) is 0 Å². The maximum atomic E-state index is 9.77. The van der Waals surface area contributed by atoms with Crippen molar-refractivity contribution in [3.63, 3.8) is 0 Å². The summed E-state index contributed by atoms with van der Waals surface area (Å²) in [6.45, 7) is 0.193. The first kappa shape index (κ1) is 20.2. The molecule has 0 aromatic heterocycles. The highest BCUT2D eigenvalue weighted by Crippen LogP contribution is 2.44. The van der Waals surface area contributed by atoms with Crippen LogP contribution in [0, 0.1) is 22.7 Å². The average Bonchev–Trinajstić information content (AvgIpc) is 2.77. The number of aromatic hydroxyl groups is 1. The number of ether oxygens (including phenoxy) is 2.